The molecule has 1 aliphatic carbocycles. The molecular formula is C49H53N5O7S. The van der Waals surface area contributed by atoms with Crippen molar-refractivity contribution in [3.63, 3.8) is 0 Å². The third-order valence-corrected chi connectivity index (χ3v) is 12.2. The predicted molar refractivity (Wildman–Crippen MR) is 244 cm³/mol. The molecule has 1 amide bonds. The smallest absolute Gasteiger partial charge is 0.336 e. The first-order valence-electron chi connectivity index (χ1n) is 21.4. The normalized spacial score (nSPS) is 17.0. The molecule has 8 N–H and O–H groups in total. The van der Waals surface area contributed by atoms with Crippen LogP contribution in [0.1, 0.15) is 75.7 Å². The number of ether oxygens (including phenoxy) is 2. The number of thiocarbonyl (C=S) groups is 1. The molecule has 12 nitrogen and oxygen atoms in total. The number of carboxylic acid groups (broad SMARTS) is 1. The van der Waals surface area contributed by atoms with E-state index in [4.69, 9.17) is 21.7 Å². The molecule has 322 valence electrons. The van der Waals surface area contributed by atoms with E-state index >= 15 is 0 Å². The first-order valence-corrected chi connectivity index (χ1v) is 21.8. The minimum Gasteiger partial charge on any atom is -0.508 e. The number of hydrogen-bond acceptors (Lipinski definition) is 9. The highest BCUT2D eigenvalue weighted by Gasteiger charge is 2.38. The van der Waals surface area contributed by atoms with Crippen LogP contribution in [-0.4, -0.2) is 84.3 Å². The van der Waals surface area contributed by atoms with Gasteiger partial charge in [0.2, 0.25) is 5.91 Å². The fraction of sp³-hybridized carbons (Fsp3) is 0.327. The maximum absolute atomic E-state index is 12.6. The minimum absolute atomic E-state index is 0.000834. The van der Waals surface area contributed by atoms with E-state index in [1.165, 1.54) is 60.7 Å². The van der Waals surface area contributed by atoms with Gasteiger partial charge >= 0.3 is 5.97 Å². The first-order chi connectivity index (χ1) is 30.2. The SMILES string of the molecule is O=C(CCc1cccc(-c2ccc([C@@H]3C[C@H]3NCC3CCNCC3)cc2)c1)NCCOCCNC(=S)Nc1ccc(C2c3ccc(O)cc3Oc3cc(O)ccc32)c(C(=O)O)c1. The monoisotopic (exact) mass is 855 g/mol. The van der Waals surface area contributed by atoms with Crippen LogP contribution in [0.5, 0.6) is 23.0 Å². The molecule has 2 fully saturated rings. The van der Waals surface area contributed by atoms with E-state index in [1.54, 1.807) is 24.3 Å². The number of anilines is 1. The molecule has 0 unspecified atom stereocenters. The fourth-order valence-corrected chi connectivity index (χ4v) is 8.76. The molecule has 0 aromatic heterocycles. The standard InChI is InChI=1S/C49H53N5O7S/c55-36-10-13-39-44(26-36)61-45-27-37(56)11-14-40(45)47(39)38-12-9-35(25-42(38)48(58)59)54-49(62)52-21-23-60-22-20-51-46(57)15-4-30-2-1-3-34(24-30)32-5-7-33(8-6-32)41-28-43(41)53-29-31-16-18-50-19-17-31/h1-3,5-14,24-27,31,41,43,47,50,53,55-56H,4,15-23,28-29H2,(H,51,57)(H,58,59)(H2,52,54,62)/t41-,43+/m0/s1. The van der Waals surface area contributed by atoms with E-state index in [2.05, 4.69) is 75.1 Å². The number of carbonyl (C=O) groups excluding carboxylic acids is 1. The van der Waals surface area contributed by atoms with Crippen molar-refractivity contribution < 1.29 is 34.4 Å². The van der Waals surface area contributed by atoms with Crippen molar-refractivity contribution in [2.45, 2.75) is 50.0 Å². The van der Waals surface area contributed by atoms with E-state index in [-0.39, 0.29) is 23.0 Å². The van der Waals surface area contributed by atoms with Crippen LogP contribution in [0.15, 0.2) is 103 Å². The molecule has 1 saturated carbocycles. The molecule has 5 aromatic rings. The number of piperidine rings is 1. The lowest BCUT2D eigenvalue weighted by atomic mass is 9.80. The van der Waals surface area contributed by atoms with Gasteiger partial charge in [-0.25, -0.2) is 4.79 Å². The number of phenols is 2. The number of benzene rings is 5. The Bertz CT molecular complexity index is 2350. The lowest BCUT2D eigenvalue weighted by molar-refractivity contribution is -0.121. The summed E-state index contributed by atoms with van der Waals surface area (Å²) in [6, 6.07) is 32.4. The van der Waals surface area contributed by atoms with Gasteiger partial charge in [-0.3, -0.25) is 4.79 Å². The second-order valence-corrected chi connectivity index (χ2v) is 16.7. The number of fused-ring (bicyclic) bond motifs is 2. The Kier molecular flexibility index (Phi) is 13.6. The van der Waals surface area contributed by atoms with Crippen LogP contribution in [-0.2, 0) is 16.0 Å². The van der Waals surface area contributed by atoms with Crippen molar-refractivity contribution in [2.24, 2.45) is 5.92 Å². The highest BCUT2D eigenvalue weighted by Crippen LogP contribution is 2.50. The van der Waals surface area contributed by atoms with Gasteiger partial charge in [-0.2, -0.15) is 0 Å². The molecule has 2 atom stereocenters. The summed E-state index contributed by atoms with van der Waals surface area (Å²) in [7, 11) is 0. The Morgan fingerprint density at radius 2 is 1.48 bits per heavy atom. The van der Waals surface area contributed by atoms with E-state index in [0.717, 1.165) is 36.7 Å². The van der Waals surface area contributed by atoms with Gasteiger partial charge in [-0.05, 0) is 116 Å². The minimum atomic E-state index is -1.13. The van der Waals surface area contributed by atoms with Gasteiger partial charge in [0.25, 0.3) is 0 Å². The van der Waals surface area contributed by atoms with Crippen molar-refractivity contribution in [3.05, 3.63) is 137 Å². The zero-order chi connectivity index (χ0) is 43.0. The molecule has 13 heteroatoms. The summed E-state index contributed by atoms with van der Waals surface area (Å²) in [6.07, 6.45) is 4.78. The van der Waals surface area contributed by atoms with Crippen LogP contribution < -0.4 is 31.3 Å². The summed E-state index contributed by atoms with van der Waals surface area (Å²) in [5, 5.41) is 47.1. The Labute approximate surface area is 367 Å². The molecule has 62 heavy (non-hydrogen) atoms. The van der Waals surface area contributed by atoms with Crippen molar-refractivity contribution in [1.29, 1.82) is 0 Å². The molecule has 8 rings (SSSR count). The number of carbonyl (C=O) groups is 2. The number of aryl methyl sites for hydroxylation is 1. The first kappa shape index (κ1) is 42.7. The average Bonchev–Trinajstić information content (AvgIpc) is 4.07. The van der Waals surface area contributed by atoms with E-state index in [1.807, 2.05) is 0 Å². The third kappa shape index (κ3) is 10.7. The Morgan fingerprint density at radius 3 is 2.19 bits per heavy atom. The van der Waals surface area contributed by atoms with Gasteiger partial charge in [-0.1, -0.05) is 66.7 Å². The Hall–Kier alpha value is -5.99. The Morgan fingerprint density at radius 1 is 0.790 bits per heavy atom. The number of rotatable bonds is 17. The van der Waals surface area contributed by atoms with E-state index < -0.39 is 11.9 Å². The fourth-order valence-electron chi connectivity index (χ4n) is 8.54. The molecule has 5 aromatic carbocycles. The largest absolute Gasteiger partial charge is 0.508 e. The number of phenolic OH excluding ortho intramolecular Hbond substituents is 2. The van der Waals surface area contributed by atoms with Crippen molar-refractivity contribution >= 4 is 34.9 Å². The third-order valence-electron chi connectivity index (χ3n) is 11.9. The summed E-state index contributed by atoms with van der Waals surface area (Å²) >= 11 is 5.47. The second-order valence-electron chi connectivity index (χ2n) is 16.3. The van der Waals surface area contributed by atoms with Gasteiger partial charge < -0.3 is 51.4 Å². The zero-order valence-corrected chi connectivity index (χ0v) is 35.3. The quantitative estimate of drug-likeness (QED) is 0.0342. The summed E-state index contributed by atoms with van der Waals surface area (Å²) in [4.78, 5) is 25.2. The van der Waals surface area contributed by atoms with Crippen molar-refractivity contribution in [1.82, 2.24) is 21.3 Å². The van der Waals surface area contributed by atoms with Crippen LogP contribution in [0, 0.1) is 5.92 Å². The number of aromatic carboxylic acids is 1. The van der Waals surface area contributed by atoms with E-state index in [0.29, 0.717) is 90.1 Å². The topological polar surface area (TPSA) is 173 Å². The molecule has 0 radical (unpaired) electrons. The highest BCUT2D eigenvalue weighted by atomic mass is 32.1. The molecule has 3 aliphatic rings. The summed E-state index contributed by atoms with van der Waals surface area (Å²) in [5.41, 5.74) is 7.26. The van der Waals surface area contributed by atoms with Gasteiger partial charge in [0.1, 0.15) is 23.0 Å². The number of aromatic hydroxyl groups is 2. The van der Waals surface area contributed by atoms with Crippen LogP contribution in [0.3, 0.4) is 0 Å². The van der Waals surface area contributed by atoms with E-state index in [9.17, 15) is 24.9 Å². The predicted octanol–water partition coefficient (Wildman–Crippen LogP) is 7.25. The summed E-state index contributed by atoms with van der Waals surface area (Å²) in [5.74, 6) is 0.445. The van der Waals surface area contributed by atoms with Crippen LogP contribution in [0.25, 0.3) is 11.1 Å². The number of amides is 1. The van der Waals surface area contributed by atoms with Crippen molar-refractivity contribution in [2.75, 3.05) is 51.3 Å². The molecule has 2 aliphatic heterocycles. The van der Waals surface area contributed by atoms with Gasteiger partial charge in [0.05, 0.1) is 18.8 Å². The number of carboxylic acids is 1. The molecule has 2 heterocycles. The van der Waals surface area contributed by atoms with Crippen LogP contribution >= 0.6 is 12.2 Å². The lowest BCUT2D eigenvalue weighted by Gasteiger charge is -2.30. The molecule has 0 spiro atoms. The number of nitrogens with one attached hydrogen (secondary N) is 5. The maximum Gasteiger partial charge on any atom is 0.336 e. The van der Waals surface area contributed by atoms with Crippen molar-refractivity contribution in [3.8, 4) is 34.1 Å². The highest BCUT2D eigenvalue weighted by molar-refractivity contribution is 7.80. The van der Waals surface area contributed by atoms with Gasteiger partial charge in [0, 0.05) is 66.3 Å². The van der Waals surface area contributed by atoms with Crippen LogP contribution in [0.2, 0.25) is 0 Å². The van der Waals surface area contributed by atoms with Gasteiger partial charge in [0.15, 0.2) is 5.11 Å². The second kappa shape index (κ2) is 19.8. The summed E-state index contributed by atoms with van der Waals surface area (Å²) in [6.45, 7) is 4.88. The molecule has 1 saturated heterocycles. The summed E-state index contributed by atoms with van der Waals surface area (Å²) < 4.78 is 11.7. The van der Waals surface area contributed by atoms with Gasteiger partial charge in [-0.15, -0.1) is 0 Å². The zero-order valence-electron chi connectivity index (χ0n) is 34.5. The number of hydrogen-bond donors (Lipinski definition) is 8. The Balaban J connectivity index is 0.736. The molecular weight excluding hydrogens is 803 g/mol. The molecule has 0 bridgehead atoms. The average molecular weight is 856 g/mol. The lowest BCUT2D eigenvalue weighted by Crippen LogP contribution is -2.34. The van der Waals surface area contributed by atoms with Crippen LogP contribution in [0.4, 0.5) is 5.69 Å². The maximum atomic E-state index is 12.6.